The summed E-state index contributed by atoms with van der Waals surface area (Å²) >= 11 is 0. The number of fused-ring (bicyclic) bond motifs is 1. The number of urea groups is 1. The number of hydrogen-bond acceptors (Lipinski definition) is 2. The number of amides is 2. The second-order valence-electron chi connectivity index (χ2n) is 7.93. The van der Waals surface area contributed by atoms with E-state index in [1.807, 2.05) is 42.5 Å². The predicted octanol–water partition coefficient (Wildman–Crippen LogP) is 6.31. The summed E-state index contributed by atoms with van der Waals surface area (Å²) in [5.41, 5.74) is 3.95. The second kappa shape index (κ2) is 9.53. The molecule has 2 amide bonds. The van der Waals surface area contributed by atoms with E-state index in [9.17, 15) is 4.79 Å². The summed E-state index contributed by atoms with van der Waals surface area (Å²) in [5.74, 6) is 0.398. The van der Waals surface area contributed by atoms with Crippen LogP contribution in [0.25, 0.3) is 10.9 Å². The van der Waals surface area contributed by atoms with E-state index < -0.39 is 0 Å². The highest BCUT2D eigenvalue weighted by Gasteiger charge is 2.18. The van der Waals surface area contributed by atoms with Crippen molar-refractivity contribution >= 4 is 28.3 Å². The number of aromatic amines is 1. The van der Waals surface area contributed by atoms with Gasteiger partial charge in [-0.1, -0.05) is 44.0 Å². The molecule has 1 unspecified atom stereocenters. The minimum atomic E-state index is -0.238. The molecule has 0 radical (unpaired) electrons. The number of benzene rings is 2. The normalized spacial score (nSPS) is 16.0. The van der Waals surface area contributed by atoms with E-state index in [4.69, 9.17) is 0 Å². The van der Waals surface area contributed by atoms with Gasteiger partial charge in [-0.15, -0.1) is 0 Å². The first-order chi connectivity index (χ1) is 14.7. The van der Waals surface area contributed by atoms with Crippen molar-refractivity contribution in [2.75, 3.05) is 23.7 Å². The Kier molecular flexibility index (Phi) is 6.38. The maximum absolute atomic E-state index is 12.3. The molecule has 156 valence electrons. The largest absolute Gasteiger partial charge is 0.378 e. The van der Waals surface area contributed by atoms with E-state index in [0.717, 1.165) is 36.4 Å². The maximum atomic E-state index is 12.3. The van der Waals surface area contributed by atoms with Crippen LogP contribution in [0.15, 0.2) is 67.0 Å². The van der Waals surface area contributed by atoms with Gasteiger partial charge in [0.2, 0.25) is 0 Å². The number of H-pyrrole nitrogens is 1. The van der Waals surface area contributed by atoms with Crippen molar-refractivity contribution < 1.29 is 4.79 Å². The van der Waals surface area contributed by atoms with Crippen LogP contribution in [0.1, 0.15) is 44.1 Å². The number of anilines is 2. The van der Waals surface area contributed by atoms with Crippen LogP contribution in [0.3, 0.4) is 0 Å². The van der Waals surface area contributed by atoms with Crippen molar-refractivity contribution in [3.05, 3.63) is 72.6 Å². The molecule has 0 fully saturated rings. The van der Waals surface area contributed by atoms with Crippen LogP contribution < -0.4 is 10.6 Å². The topological polar surface area (TPSA) is 60.2 Å². The Hall–Kier alpha value is -3.21. The van der Waals surface area contributed by atoms with Crippen LogP contribution in [-0.4, -0.2) is 29.0 Å². The lowest BCUT2D eigenvalue weighted by molar-refractivity contribution is 0.262. The number of rotatable bonds is 7. The van der Waals surface area contributed by atoms with Crippen LogP contribution in [0.2, 0.25) is 0 Å². The minimum absolute atomic E-state index is 0.238. The molecule has 0 bridgehead atoms. The first-order valence-corrected chi connectivity index (χ1v) is 10.9. The molecule has 0 spiro atoms. The van der Waals surface area contributed by atoms with Crippen molar-refractivity contribution in [3.63, 3.8) is 0 Å². The molecule has 2 heterocycles. The number of unbranched alkanes of at least 4 members (excludes halogenated alkanes) is 2. The van der Waals surface area contributed by atoms with Crippen LogP contribution in [0.4, 0.5) is 16.2 Å². The highest BCUT2D eigenvalue weighted by Crippen LogP contribution is 2.33. The van der Waals surface area contributed by atoms with Crippen LogP contribution in [0.5, 0.6) is 0 Å². The van der Waals surface area contributed by atoms with Gasteiger partial charge in [-0.25, -0.2) is 4.79 Å². The lowest BCUT2D eigenvalue weighted by Gasteiger charge is -2.27. The second-order valence-corrected chi connectivity index (χ2v) is 7.93. The van der Waals surface area contributed by atoms with Gasteiger partial charge in [-0.05, 0) is 54.9 Å². The number of carbonyl (C=O) groups is 1. The summed E-state index contributed by atoms with van der Waals surface area (Å²) in [6.07, 6.45) is 11.6. The maximum Gasteiger partial charge on any atom is 0.323 e. The smallest absolute Gasteiger partial charge is 0.323 e. The number of nitrogens with zero attached hydrogens (tertiary/aromatic N) is 1. The quantitative estimate of drug-likeness (QED) is 0.406. The zero-order chi connectivity index (χ0) is 20.8. The number of para-hydroxylation sites is 1. The van der Waals surface area contributed by atoms with Crippen molar-refractivity contribution in [3.8, 4) is 0 Å². The molecule has 0 saturated carbocycles. The summed E-state index contributed by atoms with van der Waals surface area (Å²) < 4.78 is 0. The SMILES string of the molecule is CCCCCN1C=CC(c2c[nH]c3ccc(NC(=O)Nc4ccccc4)cc23)CC1. The molecule has 3 N–H and O–H groups in total. The fourth-order valence-corrected chi connectivity index (χ4v) is 4.05. The van der Waals surface area contributed by atoms with Gasteiger partial charge in [0.15, 0.2) is 0 Å². The molecular weight excluding hydrogens is 372 g/mol. The Morgan fingerprint density at radius 2 is 1.93 bits per heavy atom. The van der Waals surface area contributed by atoms with Gasteiger partial charge >= 0.3 is 6.03 Å². The van der Waals surface area contributed by atoms with Gasteiger partial charge in [0.05, 0.1) is 0 Å². The number of carbonyl (C=O) groups excluding carboxylic acids is 1. The molecule has 2 aromatic carbocycles. The lowest BCUT2D eigenvalue weighted by Crippen LogP contribution is -2.24. The van der Waals surface area contributed by atoms with Gasteiger partial charge in [0.25, 0.3) is 0 Å². The van der Waals surface area contributed by atoms with E-state index in [1.54, 1.807) is 0 Å². The third kappa shape index (κ3) is 4.85. The van der Waals surface area contributed by atoms with E-state index in [-0.39, 0.29) is 6.03 Å². The Labute approximate surface area is 178 Å². The number of aromatic nitrogens is 1. The summed E-state index contributed by atoms with van der Waals surface area (Å²) in [7, 11) is 0. The molecule has 5 heteroatoms. The first kappa shape index (κ1) is 20.1. The predicted molar refractivity (Wildman–Crippen MR) is 125 cm³/mol. The molecular formula is C25H30N4O. The van der Waals surface area contributed by atoms with Gasteiger partial charge in [0, 0.05) is 47.5 Å². The molecule has 1 aromatic heterocycles. The Bertz CT molecular complexity index is 1010. The molecule has 5 nitrogen and oxygen atoms in total. The molecule has 0 aliphatic carbocycles. The standard InChI is InChI=1S/C25H30N4O/c1-2-3-7-14-29-15-12-19(13-16-29)23-18-26-24-11-10-21(17-22(23)24)28-25(30)27-20-8-5-4-6-9-20/h4-6,8-12,15,17-19,26H,2-3,7,13-14,16H2,1H3,(H2,27,28,30). The number of hydrogen-bond donors (Lipinski definition) is 3. The van der Waals surface area contributed by atoms with Crippen molar-refractivity contribution in [1.82, 2.24) is 9.88 Å². The van der Waals surface area contributed by atoms with E-state index >= 15 is 0 Å². The molecule has 1 aliphatic heterocycles. The third-order valence-electron chi connectivity index (χ3n) is 5.71. The van der Waals surface area contributed by atoms with E-state index in [0.29, 0.717) is 5.92 Å². The number of allylic oxidation sites excluding steroid dienone is 1. The molecule has 1 atom stereocenters. The zero-order valence-electron chi connectivity index (χ0n) is 17.5. The monoisotopic (exact) mass is 402 g/mol. The zero-order valence-corrected chi connectivity index (χ0v) is 17.5. The summed E-state index contributed by atoms with van der Waals surface area (Å²) in [6.45, 7) is 4.48. The van der Waals surface area contributed by atoms with Gasteiger partial charge in [-0.2, -0.15) is 0 Å². The fourth-order valence-electron chi connectivity index (χ4n) is 4.05. The minimum Gasteiger partial charge on any atom is -0.378 e. The van der Waals surface area contributed by atoms with Crippen molar-refractivity contribution in [1.29, 1.82) is 0 Å². The summed E-state index contributed by atoms with van der Waals surface area (Å²) in [6, 6.07) is 15.2. The van der Waals surface area contributed by atoms with E-state index in [2.05, 4.69) is 52.0 Å². The van der Waals surface area contributed by atoms with Gasteiger partial charge < -0.3 is 20.5 Å². The fraction of sp³-hybridized carbons (Fsp3) is 0.320. The van der Waals surface area contributed by atoms with Gasteiger partial charge in [0.1, 0.15) is 0 Å². The van der Waals surface area contributed by atoms with Crippen molar-refractivity contribution in [2.24, 2.45) is 0 Å². The molecule has 4 rings (SSSR count). The average Bonchev–Trinajstić information content (AvgIpc) is 3.18. The van der Waals surface area contributed by atoms with Crippen LogP contribution in [0, 0.1) is 0 Å². The van der Waals surface area contributed by atoms with Crippen LogP contribution in [-0.2, 0) is 0 Å². The Morgan fingerprint density at radius 1 is 1.10 bits per heavy atom. The Balaban J connectivity index is 1.44. The molecule has 0 saturated heterocycles. The van der Waals surface area contributed by atoms with E-state index in [1.165, 1.54) is 30.2 Å². The molecule has 30 heavy (non-hydrogen) atoms. The summed E-state index contributed by atoms with van der Waals surface area (Å²) in [4.78, 5) is 18.2. The first-order valence-electron chi connectivity index (χ1n) is 10.9. The molecule has 3 aromatic rings. The van der Waals surface area contributed by atoms with Crippen molar-refractivity contribution in [2.45, 2.75) is 38.5 Å². The highest BCUT2D eigenvalue weighted by atomic mass is 16.2. The average molecular weight is 403 g/mol. The van der Waals surface area contributed by atoms with Gasteiger partial charge in [-0.3, -0.25) is 0 Å². The lowest BCUT2D eigenvalue weighted by atomic mass is 9.93. The third-order valence-corrected chi connectivity index (χ3v) is 5.71. The van der Waals surface area contributed by atoms with Crippen LogP contribution >= 0.6 is 0 Å². The number of nitrogens with one attached hydrogen (secondary N) is 3. The summed E-state index contributed by atoms with van der Waals surface area (Å²) in [5, 5.41) is 6.98. The highest BCUT2D eigenvalue weighted by molar-refractivity contribution is 6.01. The Morgan fingerprint density at radius 3 is 2.70 bits per heavy atom. The molecule has 1 aliphatic rings.